The van der Waals surface area contributed by atoms with Crippen molar-refractivity contribution < 1.29 is 4.79 Å². The van der Waals surface area contributed by atoms with Gasteiger partial charge in [-0.15, -0.1) is 11.3 Å². The van der Waals surface area contributed by atoms with E-state index in [1.54, 1.807) is 17.7 Å². The topological polar surface area (TPSA) is 84.8 Å². The van der Waals surface area contributed by atoms with E-state index < -0.39 is 0 Å². The van der Waals surface area contributed by atoms with Crippen LogP contribution in [0.5, 0.6) is 0 Å². The van der Waals surface area contributed by atoms with E-state index in [1.165, 1.54) is 23.8 Å². The largest absolute Gasteiger partial charge is 0.405 e. The summed E-state index contributed by atoms with van der Waals surface area (Å²) in [6, 6.07) is 0. The number of thiazole rings is 1. The van der Waals surface area contributed by atoms with Gasteiger partial charge in [0.25, 0.3) is 0 Å². The van der Waals surface area contributed by atoms with Crippen LogP contribution in [-0.4, -0.2) is 22.1 Å². The average Bonchev–Trinajstić information content (AvgIpc) is 2.87. The zero-order chi connectivity index (χ0) is 14.0. The fourth-order valence-corrected chi connectivity index (χ4v) is 3.09. The maximum atomic E-state index is 11.0. The molecule has 2 heterocycles. The molecule has 2 aromatic rings. The van der Waals surface area contributed by atoms with Crippen LogP contribution in [0.25, 0.3) is 10.3 Å². The second kappa shape index (κ2) is 5.19. The summed E-state index contributed by atoms with van der Waals surface area (Å²) in [7, 11) is 1.77. The SMILES string of the molecule is C=C(/C=C\N)Cc1nc2c(s1)c(C=N)c(C=O)n2C. The number of hydrogen-bond donors (Lipinski definition) is 2. The van der Waals surface area contributed by atoms with Crippen molar-refractivity contribution in [3.8, 4) is 0 Å². The van der Waals surface area contributed by atoms with Crippen LogP contribution < -0.4 is 5.73 Å². The highest BCUT2D eigenvalue weighted by Gasteiger charge is 2.17. The van der Waals surface area contributed by atoms with E-state index in [0.29, 0.717) is 17.7 Å². The van der Waals surface area contributed by atoms with Gasteiger partial charge in [-0.3, -0.25) is 4.79 Å². The minimum atomic E-state index is 0.482. The van der Waals surface area contributed by atoms with Crippen LogP contribution in [0.1, 0.15) is 21.1 Å². The lowest BCUT2D eigenvalue weighted by molar-refractivity contribution is 0.111. The monoisotopic (exact) mass is 274 g/mol. The Hall–Kier alpha value is -2.21. The number of rotatable bonds is 5. The predicted octanol–water partition coefficient (Wildman–Crippen LogP) is 2.02. The maximum Gasteiger partial charge on any atom is 0.167 e. The molecule has 0 spiro atoms. The van der Waals surface area contributed by atoms with Gasteiger partial charge >= 0.3 is 0 Å². The third-order valence-electron chi connectivity index (χ3n) is 2.82. The van der Waals surface area contributed by atoms with Crippen molar-refractivity contribution in [2.24, 2.45) is 12.8 Å². The lowest BCUT2D eigenvalue weighted by atomic mass is 10.2. The Kier molecular flexibility index (Phi) is 3.62. The Labute approximate surface area is 114 Å². The van der Waals surface area contributed by atoms with E-state index >= 15 is 0 Å². The van der Waals surface area contributed by atoms with Crippen LogP contribution in [-0.2, 0) is 13.5 Å². The summed E-state index contributed by atoms with van der Waals surface area (Å²) in [6.45, 7) is 3.89. The molecule has 0 saturated heterocycles. The molecule has 0 atom stereocenters. The molecule has 0 aromatic carbocycles. The zero-order valence-electron chi connectivity index (χ0n) is 10.5. The molecular weight excluding hydrogens is 260 g/mol. The third-order valence-corrected chi connectivity index (χ3v) is 3.90. The first-order chi connectivity index (χ1) is 9.12. The van der Waals surface area contributed by atoms with E-state index in [2.05, 4.69) is 11.6 Å². The first-order valence-electron chi connectivity index (χ1n) is 5.62. The van der Waals surface area contributed by atoms with Crippen molar-refractivity contribution in [1.82, 2.24) is 9.55 Å². The molecule has 0 bridgehead atoms. The predicted molar refractivity (Wildman–Crippen MR) is 78.0 cm³/mol. The number of aromatic nitrogens is 2. The molecule has 2 aromatic heterocycles. The first-order valence-corrected chi connectivity index (χ1v) is 6.43. The quantitative estimate of drug-likeness (QED) is 0.497. The number of allylic oxidation sites excluding steroid dienone is 2. The molecular formula is C13H14N4OS. The molecule has 3 N–H and O–H groups in total. The zero-order valence-corrected chi connectivity index (χ0v) is 11.3. The fraction of sp³-hybridized carbons (Fsp3) is 0.154. The van der Waals surface area contributed by atoms with Crippen LogP contribution >= 0.6 is 11.3 Å². The number of carbonyl (C=O) groups is 1. The fourth-order valence-electron chi connectivity index (χ4n) is 1.92. The van der Waals surface area contributed by atoms with E-state index in [4.69, 9.17) is 11.1 Å². The lowest BCUT2D eigenvalue weighted by Gasteiger charge is -1.97. The summed E-state index contributed by atoms with van der Waals surface area (Å²) in [5.41, 5.74) is 8.01. The average molecular weight is 274 g/mol. The van der Waals surface area contributed by atoms with Crippen LogP contribution in [0.3, 0.4) is 0 Å². The molecule has 0 radical (unpaired) electrons. The number of aldehydes is 1. The van der Waals surface area contributed by atoms with Gasteiger partial charge in [0.05, 0.1) is 10.4 Å². The van der Waals surface area contributed by atoms with E-state index in [-0.39, 0.29) is 0 Å². The summed E-state index contributed by atoms with van der Waals surface area (Å²) < 4.78 is 2.57. The molecule has 19 heavy (non-hydrogen) atoms. The third kappa shape index (κ3) is 2.22. The number of hydrogen-bond acceptors (Lipinski definition) is 5. The highest BCUT2D eigenvalue weighted by molar-refractivity contribution is 7.19. The minimum Gasteiger partial charge on any atom is -0.405 e. The Morgan fingerprint density at radius 1 is 1.63 bits per heavy atom. The second-order valence-electron chi connectivity index (χ2n) is 4.07. The molecule has 0 amide bonds. The van der Waals surface area contributed by atoms with E-state index in [9.17, 15) is 4.79 Å². The summed E-state index contributed by atoms with van der Waals surface area (Å²) in [4.78, 5) is 15.5. The molecule has 0 aliphatic heterocycles. The van der Waals surface area contributed by atoms with Crippen LogP contribution in [0, 0.1) is 5.41 Å². The Morgan fingerprint density at radius 3 is 2.95 bits per heavy atom. The molecule has 6 heteroatoms. The Bertz CT molecular complexity index is 693. The van der Waals surface area contributed by atoms with Gasteiger partial charge in [0.2, 0.25) is 0 Å². The van der Waals surface area contributed by atoms with Crippen molar-refractivity contribution in [3.63, 3.8) is 0 Å². The van der Waals surface area contributed by atoms with Gasteiger partial charge in [0, 0.05) is 25.2 Å². The second-order valence-corrected chi connectivity index (χ2v) is 5.16. The van der Waals surface area contributed by atoms with Gasteiger partial charge in [-0.1, -0.05) is 6.58 Å². The normalized spacial score (nSPS) is 11.2. The molecule has 2 rings (SSSR count). The summed E-state index contributed by atoms with van der Waals surface area (Å²) in [5, 5.41) is 8.33. The standard InChI is InChI=1S/C13H14N4OS/c1-8(3-4-14)5-11-16-13-12(19-11)9(6-15)10(7-18)17(13)2/h3-4,6-7,15H,1,5,14H2,2H3/b4-3-,15-6?. The summed E-state index contributed by atoms with van der Waals surface area (Å²) >= 11 is 1.48. The smallest absolute Gasteiger partial charge is 0.167 e. The molecule has 0 aliphatic carbocycles. The van der Waals surface area contributed by atoms with Crippen LogP contribution in [0.15, 0.2) is 24.4 Å². The molecule has 0 saturated carbocycles. The van der Waals surface area contributed by atoms with Crippen molar-refractivity contribution >= 4 is 34.2 Å². The van der Waals surface area contributed by atoms with Gasteiger partial charge in [0.15, 0.2) is 11.9 Å². The first kappa shape index (κ1) is 13.2. The van der Waals surface area contributed by atoms with Crippen LogP contribution in [0.4, 0.5) is 0 Å². The molecule has 98 valence electrons. The molecule has 0 aliphatic rings. The highest BCUT2D eigenvalue weighted by Crippen LogP contribution is 2.29. The van der Waals surface area contributed by atoms with Gasteiger partial charge in [0.1, 0.15) is 5.01 Å². The van der Waals surface area contributed by atoms with Crippen molar-refractivity contribution in [2.45, 2.75) is 6.42 Å². The van der Waals surface area contributed by atoms with Gasteiger partial charge in [-0.2, -0.15) is 0 Å². The Morgan fingerprint density at radius 2 is 2.37 bits per heavy atom. The van der Waals surface area contributed by atoms with Crippen molar-refractivity contribution in [2.75, 3.05) is 0 Å². The summed E-state index contributed by atoms with van der Waals surface area (Å²) in [5.74, 6) is 0. The Balaban J connectivity index is 2.50. The number of nitrogens with two attached hydrogens (primary N) is 1. The molecule has 0 fully saturated rings. The number of carbonyl (C=O) groups excluding carboxylic acids is 1. The molecule has 0 unspecified atom stereocenters. The van der Waals surface area contributed by atoms with E-state index in [1.807, 2.05) is 0 Å². The summed E-state index contributed by atoms with van der Waals surface area (Å²) in [6.07, 6.45) is 5.75. The number of aryl methyl sites for hydroxylation is 1. The minimum absolute atomic E-state index is 0.482. The lowest BCUT2D eigenvalue weighted by Crippen LogP contribution is -1.98. The number of nitrogens with one attached hydrogen (secondary N) is 1. The molecule has 5 nitrogen and oxygen atoms in total. The number of fused-ring (bicyclic) bond motifs is 1. The maximum absolute atomic E-state index is 11.0. The van der Waals surface area contributed by atoms with E-state index in [0.717, 1.165) is 27.2 Å². The van der Waals surface area contributed by atoms with Crippen LogP contribution in [0.2, 0.25) is 0 Å². The van der Waals surface area contributed by atoms with Gasteiger partial charge in [-0.05, 0) is 17.8 Å². The van der Waals surface area contributed by atoms with Crippen molar-refractivity contribution in [3.05, 3.63) is 40.7 Å². The van der Waals surface area contributed by atoms with Gasteiger partial charge < -0.3 is 15.7 Å². The van der Waals surface area contributed by atoms with Gasteiger partial charge in [-0.25, -0.2) is 4.98 Å². The highest BCUT2D eigenvalue weighted by atomic mass is 32.1. The van der Waals surface area contributed by atoms with Crippen molar-refractivity contribution in [1.29, 1.82) is 5.41 Å². The number of nitrogens with zero attached hydrogens (tertiary/aromatic N) is 2.